The van der Waals surface area contributed by atoms with Crippen molar-refractivity contribution in [2.45, 2.75) is 43.5 Å². The van der Waals surface area contributed by atoms with Crippen LogP contribution in [0, 0.1) is 0 Å². The second-order valence-corrected chi connectivity index (χ2v) is 21.2. The lowest BCUT2D eigenvalue weighted by Gasteiger charge is -2.49. The van der Waals surface area contributed by atoms with Gasteiger partial charge in [-0.2, -0.15) is 0 Å². The highest BCUT2D eigenvalue weighted by Gasteiger charge is 2.53. The number of benzene rings is 8. The molecule has 0 aromatic heterocycles. The molecule has 0 aliphatic carbocycles. The fourth-order valence-corrected chi connectivity index (χ4v) is 13.9. The predicted octanol–water partition coefficient (Wildman–Crippen LogP) is 8.59. The number of carbonyl (C=O) groups is 2. The molecule has 0 bridgehead atoms. The van der Waals surface area contributed by atoms with Crippen LogP contribution in [0.4, 0.5) is 0 Å². The standard InChI is InChI=1S/C59H51NO8P2/c1-63-43-37-35-42(36-38-43)58-65-40-50-54(68-58)55(67-57(62)49-32-18-20-34-52(49)70(46-27-13-5-14-28-46)47-29-15-6-16-30-47)53(59(66-50)64-39-41-21-7-2-8-22-41)60-56(61)48-31-17-19-33-51(48)69(44-23-9-3-10-24-44)45-25-11-4-12-26-45/h2-38,50,53-55,58-59H,39-40H2,1H3,(H,60,61)/t50-,53-,54-,55-,58-,59+/m1/s1. The van der Waals surface area contributed by atoms with Crippen LogP contribution in [0.5, 0.6) is 5.75 Å². The van der Waals surface area contributed by atoms with E-state index < -0.39 is 58.7 Å². The van der Waals surface area contributed by atoms with Crippen molar-refractivity contribution in [2.24, 2.45) is 0 Å². The van der Waals surface area contributed by atoms with Crippen molar-refractivity contribution in [3.05, 3.63) is 247 Å². The first-order valence-electron chi connectivity index (χ1n) is 23.2. The van der Waals surface area contributed by atoms with E-state index in [1.807, 2.05) is 176 Å². The maximum atomic E-state index is 15.4. The van der Waals surface area contributed by atoms with Crippen LogP contribution in [0.2, 0.25) is 0 Å². The van der Waals surface area contributed by atoms with Gasteiger partial charge in [-0.15, -0.1) is 0 Å². The molecule has 2 saturated heterocycles. The molecule has 10 rings (SSSR count). The zero-order chi connectivity index (χ0) is 47.7. The van der Waals surface area contributed by atoms with Crippen molar-refractivity contribution in [3.63, 3.8) is 0 Å². The van der Waals surface area contributed by atoms with Gasteiger partial charge in [0.2, 0.25) is 0 Å². The first-order chi connectivity index (χ1) is 34.5. The number of rotatable bonds is 15. The molecule has 8 aromatic rings. The number of nitrogens with one attached hydrogen (secondary N) is 1. The van der Waals surface area contributed by atoms with Gasteiger partial charge in [0.15, 0.2) is 18.7 Å². The molecule has 9 nitrogen and oxygen atoms in total. The number of amides is 1. The maximum Gasteiger partial charge on any atom is 0.339 e. The molecule has 2 aliphatic rings. The van der Waals surface area contributed by atoms with Crippen molar-refractivity contribution in [2.75, 3.05) is 13.7 Å². The van der Waals surface area contributed by atoms with Crippen molar-refractivity contribution in [3.8, 4) is 5.75 Å². The molecule has 6 atom stereocenters. The Hall–Kier alpha value is -6.80. The van der Waals surface area contributed by atoms with E-state index >= 15 is 9.59 Å². The highest BCUT2D eigenvalue weighted by atomic mass is 31.1. The van der Waals surface area contributed by atoms with E-state index in [4.69, 9.17) is 28.4 Å². The summed E-state index contributed by atoms with van der Waals surface area (Å²) in [6.07, 6.45) is -4.76. The lowest BCUT2D eigenvalue weighted by molar-refractivity contribution is -0.344. The van der Waals surface area contributed by atoms with Crippen LogP contribution in [0.25, 0.3) is 0 Å². The van der Waals surface area contributed by atoms with Crippen LogP contribution in [-0.2, 0) is 30.3 Å². The average molecular weight is 964 g/mol. The fourth-order valence-electron chi connectivity index (χ4n) is 8.97. The van der Waals surface area contributed by atoms with Gasteiger partial charge in [-0.1, -0.05) is 200 Å². The quantitative estimate of drug-likeness (QED) is 0.0807. The molecule has 0 unspecified atom stereocenters. The molecule has 2 fully saturated rings. The third-order valence-electron chi connectivity index (χ3n) is 12.3. The number of fused-ring (bicyclic) bond motifs is 1. The summed E-state index contributed by atoms with van der Waals surface area (Å²) < 4.78 is 39.0. The Bertz CT molecular complexity index is 2890. The number of methoxy groups -OCH3 is 1. The first kappa shape index (κ1) is 46.9. The Morgan fingerprint density at radius 2 is 1.03 bits per heavy atom. The molecule has 1 N–H and O–H groups in total. The van der Waals surface area contributed by atoms with Gasteiger partial charge < -0.3 is 33.7 Å². The molecule has 350 valence electrons. The third-order valence-corrected chi connectivity index (χ3v) is 17.3. The van der Waals surface area contributed by atoms with Crippen LogP contribution in [0.15, 0.2) is 224 Å². The number of hydrogen-bond donors (Lipinski definition) is 1. The maximum absolute atomic E-state index is 15.4. The molecule has 2 aliphatic heterocycles. The molecule has 0 spiro atoms. The normalized spacial score (nSPS) is 19.8. The van der Waals surface area contributed by atoms with E-state index in [9.17, 15) is 0 Å². The number of ether oxygens (including phenoxy) is 6. The van der Waals surface area contributed by atoms with Crippen molar-refractivity contribution in [1.82, 2.24) is 5.32 Å². The summed E-state index contributed by atoms with van der Waals surface area (Å²) in [6, 6.07) is 72.3. The van der Waals surface area contributed by atoms with Gasteiger partial charge in [0.25, 0.3) is 5.91 Å². The lowest BCUT2D eigenvalue weighted by atomic mass is 9.94. The molecule has 0 saturated carbocycles. The van der Waals surface area contributed by atoms with Crippen LogP contribution >= 0.6 is 15.8 Å². The summed E-state index contributed by atoms with van der Waals surface area (Å²) in [5.74, 6) is -0.276. The number of hydrogen-bond acceptors (Lipinski definition) is 8. The van der Waals surface area contributed by atoms with Crippen LogP contribution < -0.4 is 41.9 Å². The Labute approximate surface area is 410 Å². The minimum Gasteiger partial charge on any atom is -0.497 e. The lowest BCUT2D eigenvalue weighted by Crippen LogP contribution is -2.68. The second kappa shape index (κ2) is 22.3. The van der Waals surface area contributed by atoms with Crippen LogP contribution in [0.1, 0.15) is 38.1 Å². The Morgan fingerprint density at radius 3 is 1.56 bits per heavy atom. The molecule has 0 radical (unpaired) electrons. The second-order valence-electron chi connectivity index (χ2n) is 16.8. The summed E-state index contributed by atoms with van der Waals surface area (Å²) in [4.78, 5) is 30.7. The van der Waals surface area contributed by atoms with E-state index in [1.54, 1.807) is 7.11 Å². The van der Waals surface area contributed by atoms with Crippen molar-refractivity contribution >= 4 is 59.5 Å². The largest absolute Gasteiger partial charge is 0.497 e. The summed E-state index contributed by atoms with van der Waals surface area (Å²) in [5.41, 5.74) is 2.50. The van der Waals surface area contributed by atoms with Gasteiger partial charge in [0, 0.05) is 11.1 Å². The summed E-state index contributed by atoms with van der Waals surface area (Å²) in [5, 5.41) is 9.36. The van der Waals surface area contributed by atoms with Crippen LogP contribution in [0.3, 0.4) is 0 Å². The monoisotopic (exact) mass is 963 g/mol. The fraction of sp³-hybridized carbons (Fsp3) is 0.153. The van der Waals surface area contributed by atoms with Crippen molar-refractivity contribution < 1.29 is 38.0 Å². The first-order valence-corrected chi connectivity index (χ1v) is 25.9. The van der Waals surface area contributed by atoms with Crippen molar-refractivity contribution in [1.29, 1.82) is 0 Å². The van der Waals surface area contributed by atoms with Gasteiger partial charge in [-0.3, -0.25) is 4.79 Å². The highest BCUT2D eigenvalue weighted by Crippen LogP contribution is 2.39. The Balaban J connectivity index is 1.07. The number of esters is 1. The zero-order valence-electron chi connectivity index (χ0n) is 38.4. The number of carbonyl (C=O) groups excluding carboxylic acids is 2. The molecule has 1 amide bonds. The molecular formula is C59H51NO8P2. The van der Waals surface area contributed by atoms with E-state index in [0.717, 1.165) is 43.0 Å². The molecule has 70 heavy (non-hydrogen) atoms. The minimum absolute atomic E-state index is 0.0897. The summed E-state index contributed by atoms with van der Waals surface area (Å²) in [6.45, 7) is 0.240. The minimum atomic E-state index is -1.20. The third kappa shape index (κ3) is 10.5. The average Bonchev–Trinajstić information content (AvgIpc) is 3.43. The van der Waals surface area contributed by atoms with E-state index in [0.29, 0.717) is 16.9 Å². The topological polar surface area (TPSA) is 102 Å². The van der Waals surface area contributed by atoms with E-state index in [-0.39, 0.29) is 19.1 Å². The van der Waals surface area contributed by atoms with Gasteiger partial charge in [0.1, 0.15) is 24.0 Å². The van der Waals surface area contributed by atoms with Crippen LogP contribution in [-0.4, -0.2) is 56.2 Å². The molecule has 8 aromatic carbocycles. The Morgan fingerprint density at radius 1 is 0.557 bits per heavy atom. The molecule has 11 heteroatoms. The van der Waals surface area contributed by atoms with Gasteiger partial charge >= 0.3 is 5.97 Å². The van der Waals surface area contributed by atoms with E-state index in [1.165, 1.54) is 0 Å². The Kier molecular flexibility index (Phi) is 14.9. The molecular weight excluding hydrogens is 913 g/mol. The van der Waals surface area contributed by atoms with Gasteiger partial charge in [0.05, 0.1) is 25.9 Å². The smallest absolute Gasteiger partial charge is 0.339 e. The summed E-state index contributed by atoms with van der Waals surface area (Å²) >= 11 is 0. The summed E-state index contributed by atoms with van der Waals surface area (Å²) in [7, 11) is -0.772. The van der Waals surface area contributed by atoms with Gasteiger partial charge in [-0.05, 0) is 77.5 Å². The zero-order valence-corrected chi connectivity index (χ0v) is 40.2. The highest BCUT2D eigenvalue weighted by molar-refractivity contribution is 7.80. The van der Waals surface area contributed by atoms with E-state index in [2.05, 4.69) is 53.8 Å². The van der Waals surface area contributed by atoms with Gasteiger partial charge in [-0.25, -0.2) is 4.79 Å². The SMILES string of the molecule is COc1ccc([C@@H]2OC[C@H]3O[C@H](OCc4ccccc4)[C@H](NC(=O)c4ccccc4P(c4ccccc4)c4ccccc4)[C@@H](OC(=O)c4ccccc4P(c4ccccc4)c4ccccc4)[C@@H]3O2)cc1. The molecule has 2 heterocycles. The predicted molar refractivity (Wildman–Crippen MR) is 277 cm³/mol.